The second-order valence-electron chi connectivity index (χ2n) is 9.45. The van der Waals surface area contributed by atoms with Crippen LogP contribution in [-0.2, 0) is 19.1 Å². The number of benzene rings is 1. The number of anilines is 1. The highest BCUT2D eigenvalue weighted by Gasteiger charge is 2.64. The molecule has 0 spiro atoms. The van der Waals surface area contributed by atoms with Crippen molar-refractivity contribution >= 4 is 23.7 Å². The summed E-state index contributed by atoms with van der Waals surface area (Å²) in [4.78, 5) is 42.6. The number of rotatable bonds is 5. The number of aliphatic hydroxyl groups is 1. The van der Waals surface area contributed by atoms with Crippen molar-refractivity contribution in [1.82, 2.24) is 4.90 Å². The van der Waals surface area contributed by atoms with Crippen LogP contribution in [0.1, 0.15) is 46.1 Å². The van der Waals surface area contributed by atoms with Gasteiger partial charge >= 0.3 is 12.1 Å². The number of carbonyl (C=O) groups excluding carboxylic acids is 3. The number of carbonyl (C=O) groups is 3. The molecule has 2 aliphatic heterocycles. The molecule has 0 radical (unpaired) electrons. The summed E-state index contributed by atoms with van der Waals surface area (Å²) in [7, 11) is 0. The molecule has 0 bridgehead atoms. The number of nitrogens with zero attached hydrogens (tertiary/aromatic N) is 2. The largest absolute Gasteiger partial charge is 0.466 e. The van der Waals surface area contributed by atoms with Gasteiger partial charge in [-0.2, -0.15) is 0 Å². The topological polar surface area (TPSA) is 96.4 Å². The third kappa shape index (κ3) is 4.01. The quantitative estimate of drug-likeness (QED) is 0.719. The van der Waals surface area contributed by atoms with Crippen molar-refractivity contribution in [3.63, 3.8) is 0 Å². The van der Waals surface area contributed by atoms with Crippen LogP contribution in [0.25, 0.3) is 0 Å². The van der Waals surface area contributed by atoms with Crippen molar-refractivity contribution in [2.75, 3.05) is 37.8 Å². The summed E-state index contributed by atoms with van der Waals surface area (Å²) in [5.74, 6) is -2.06. The summed E-state index contributed by atoms with van der Waals surface area (Å²) >= 11 is 0. The minimum atomic E-state index is -1.34. The van der Waals surface area contributed by atoms with Gasteiger partial charge in [-0.15, -0.1) is 0 Å². The number of para-hydroxylation sites is 1. The van der Waals surface area contributed by atoms with Gasteiger partial charge in [0.2, 0.25) is 0 Å². The van der Waals surface area contributed by atoms with Gasteiger partial charge in [0.15, 0.2) is 0 Å². The highest BCUT2D eigenvalue weighted by Crippen LogP contribution is 2.53. The predicted molar refractivity (Wildman–Crippen MR) is 115 cm³/mol. The lowest BCUT2D eigenvalue weighted by Gasteiger charge is -2.46. The van der Waals surface area contributed by atoms with Crippen LogP contribution in [0, 0.1) is 11.3 Å². The van der Waals surface area contributed by atoms with Crippen LogP contribution in [0.3, 0.4) is 0 Å². The number of esters is 1. The molecule has 2 amide bonds. The van der Waals surface area contributed by atoms with Crippen LogP contribution in [0.15, 0.2) is 24.3 Å². The zero-order valence-corrected chi connectivity index (χ0v) is 18.9. The molecule has 0 aromatic heterocycles. The lowest BCUT2D eigenvalue weighted by molar-refractivity contribution is -0.148. The molecule has 1 saturated heterocycles. The summed E-state index contributed by atoms with van der Waals surface area (Å²) in [6.07, 6.45) is -0.633. The zero-order chi connectivity index (χ0) is 23.0. The molecule has 0 unspecified atom stereocenters. The van der Waals surface area contributed by atoms with Crippen LogP contribution in [0.2, 0.25) is 0 Å². The number of likely N-dealkylation sites (tertiary alicyclic amines) is 1. The number of aliphatic hydroxyl groups excluding tert-OH is 1. The van der Waals surface area contributed by atoms with E-state index in [4.69, 9.17) is 9.47 Å². The number of β-amino-alcohol motifs (C(OH)–C–C–N with tert-alkyl or cyclic N) is 1. The Morgan fingerprint density at radius 2 is 1.90 bits per heavy atom. The van der Waals surface area contributed by atoms with Crippen LogP contribution >= 0.6 is 0 Å². The maximum absolute atomic E-state index is 13.7. The highest BCUT2D eigenvalue weighted by atomic mass is 16.6. The molecule has 8 heteroatoms. The van der Waals surface area contributed by atoms with Gasteiger partial charge in [-0.05, 0) is 30.9 Å². The van der Waals surface area contributed by atoms with E-state index in [-0.39, 0.29) is 44.2 Å². The minimum Gasteiger partial charge on any atom is -0.466 e. The van der Waals surface area contributed by atoms with Crippen LogP contribution in [0.5, 0.6) is 0 Å². The Kier molecular flexibility index (Phi) is 6.32. The van der Waals surface area contributed by atoms with Gasteiger partial charge in [0.25, 0.3) is 5.91 Å². The smallest absolute Gasteiger partial charge is 0.410 e. The third-order valence-electron chi connectivity index (χ3n) is 5.95. The molecule has 3 atom stereocenters. The second-order valence-corrected chi connectivity index (χ2v) is 9.45. The average Bonchev–Trinajstić information content (AvgIpc) is 3.04. The Hall–Kier alpha value is -2.61. The normalized spacial score (nSPS) is 25.2. The molecule has 31 heavy (non-hydrogen) atoms. The minimum absolute atomic E-state index is 0.0238. The monoisotopic (exact) mass is 432 g/mol. The summed E-state index contributed by atoms with van der Waals surface area (Å²) in [6.45, 7) is 9.52. The standard InChI is InChI=1S/C23H32N2O6/c1-6-30-19(27)16-13-25(21(29)31-14-22(2,3)4)23(5)18(16)15-9-7-8-10-17(15)24(11-12-26)20(23)28/h7-10,16,18,26H,6,11-14H2,1-5H3/t16-,18+,23-/m0/s1. The van der Waals surface area contributed by atoms with Crippen LogP contribution in [-0.4, -0.2) is 66.4 Å². The molecule has 0 aliphatic carbocycles. The van der Waals surface area contributed by atoms with E-state index in [1.165, 1.54) is 9.80 Å². The number of hydrogen-bond donors (Lipinski definition) is 1. The molecule has 1 aromatic rings. The van der Waals surface area contributed by atoms with Gasteiger partial charge in [0.05, 0.1) is 25.7 Å². The molecule has 170 valence electrons. The van der Waals surface area contributed by atoms with Gasteiger partial charge in [-0.25, -0.2) is 4.79 Å². The van der Waals surface area contributed by atoms with Crippen LogP contribution in [0.4, 0.5) is 10.5 Å². The molecular weight excluding hydrogens is 400 g/mol. The van der Waals surface area contributed by atoms with E-state index in [2.05, 4.69) is 0 Å². The molecule has 3 rings (SSSR count). The number of amides is 2. The molecule has 2 heterocycles. The van der Waals surface area contributed by atoms with E-state index < -0.39 is 29.4 Å². The van der Waals surface area contributed by atoms with E-state index in [0.717, 1.165) is 5.56 Å². The summed E-state index contributed by atoms with van der Waals surface area (Å²) in [5, 5.41) is 9.57. The number of ether oxygens (including phenoxy) is 2. The lowest BCUT2D eigenvalue weighted by Crippen LogP contribution is -2.62. The Balaban J connectivity index is 2.10. The predicted octanol–water partition coefficient (Wildman–Crippen LogP) is 2.55. The van der Waals surface area contributed by atoms with E-state index in [9.17, 15) is 19.5 Å². The van der Waals surface area contributed by atoms with Crippen molar-refractivity contribution in [2.45, 2.75) is 46.1 Å². The summed E-state index contributed by atoms with van der Waals surface area (Å²) < 4.78 is 10.8. The van der Waals surface area contributed by atoms with Crippen molar-refractivity contribution < 1.29 is 29.0 Å². The number of fused-ring (bicyclic) bond motifs is 3. The van der Waals surface area contributed by atoms with Gasteiger partial charge in [-0.1, -0.05) is 39.0 Å². The van der Waals surface area contributed by atoms with Crippen molar-refractivity contribution in [3.8, 4) is 0 Å². The Morgan fingerprint density at radius 1 is 1.23 bits per heavy atom. The van der Waals surface area contributed by atoms with Crippen molar-refractivity contribution in [1.29, 1.82) is 0 Å². The molecular formula is C23H32N2O6. The van der Waals surface area contributed by atoms with Gasteiger partial charge in [-0.3, -0.25) is 14.5 Å². The maximum atomic E-state index is 13.7. The fourth-order valence-corrected chi connectivity index (χ4v) is 4.60. The average molecular weight is 433 g/mol. The Morgan fingerprint density at radius 3 is 2.52 bits per heavy atom. The maximum Gasteiger partial charge on any atom is 0.410 e. The third-order valence-corrected chi connectivity index (χ3v) is 5.95. The fourth-order valence-electron chi connectivity index (χ4n) is 4.60. The molecule has 1 N–H and O–H groups in total. The Labute approximate surface area is 183 Å². The summed E-state index contributed by atoms with van der Waals surface area (Å²) in [6, 6.07) is 7.31. The summed E-state index contributed by atoms with van der Waals surface area (Å²) in [5.41, 5.74) is -0.163. The molecule has 1 fully saturated rings. The highest BCUT2D eigenvalue weighted by molar-refractivity contribution is 6.07. The fraction of sp³-hybridized carbons (Fsp3) is 0.609. The van der Waals surface area contributed by atoms with E-state index in [1.54, 1.807) is 19.9 Å². The first-order chi connectivity index (χ1) is 14.6. The van der Waals surface area contributed by atoms with Crippen LogP contribution < -0.4 is 4.90 Å². The van der Waals surface area contributed by atoms with E-state index in [0.29, 0.717) is 5.69 Å². The molecule has 8 nitrogen and oxygen atoms in total. The lowest BCUT2D eigenvalue weighted by atomic mass is 9.72. The number of hydrogen-bond acceptors (Lipinski definition) is 6. The first kappa shape index (κ1) is 23.1. The first-order valence-electron chi connectivity index (χ1n) is 10.7. The van der Waals surface area contributed by atoms with Crippen molar-refractivity contribution in [2.24, 2.45) is 11.3 Å². The van der Waals surface area contributed by atoms with E-state index >= 15 is 0 Å². The van der Waals surface area contributed by atoms with Gasteiger partial charge in [0, 0.05) is 24.7 Å². The van der Waals surface area contributed by atoms with Crippen molar-refractivity contribution in [3.05, 3.63) is 29.8 Å². The molecule has 0 saturated carbocycles. The zero-order valence-electron chi connectivity index (χ0n) is 18.9. The Bertz CT molecular complexity index is 864. The second kappa shape index (κ2) is 8.49. The molecule has 2 aliphatic rings. The van der Waals surface area contributed by atoms with Gasteiger partial charge < -0.3 is 19.5 Å². The SMILES string of the molecule is CCOC(=O)[C@H]1CN(C(=O)OCC(C)(C)C)[C@]2(C)C(=O)N(CCO)c3ccccc3[C@H]12. The van der Waals surface area contributed by atoms with Gasteiger partial charge in [0.1, 0.15) is 5.54 Å². The molecule has 1 aromatic carbocycles. The van der Waals surface area contributed by atoms with E-state index in [1.807, 2.05) is 39.0 Å². The first-order valence-corrected chi connectivity index (χ1v) is 10.7.